The van der Waals surface area contributed by atoms with Gasteiger partial charge in [-0.05, 0) is 57.6 Å². The van der Waals surface area contributed by atoms with Crippen LogP contribution in [-0.2, 0) is 0 Å². The molecule has 36 heavy (non-hydrogen) atoms. The zero-order valence-corrected chi connectivity index (χ0v) is 18.5. The molecule has 0 fully saturated rings. The van der Waals surface area contributed by atoms with Gasteiger partial charge in [-0.2, -0.15) is 0 Å². The number of carbonyl (C=O) groups is 4. The molecule has 0 aliphatic heterocycles. The molecular weight excluding hydrogens is 464 g/mol. The van der Waals surface area contributed by atoms with Crippen LogP contribution < -0.4 is 0 Å². The van der Waals surface area contributed by atoms with Gasteiger partial charge in [-0.1, -0.05) is 60.7 Å². The highest BCUT2D eigenvalue weighted by atomic mass is 16.4. The molecule has 0 unspecified atom stereocenters. The summed E-state index contributed by atoms with van der Waals surface area (Å²) in [5.41, 5.74) is 2.24. The predicted octanol–water partition coefficient (Wildman–Crippen LogP) is 5.48. The summed E-state index contributed by atoms with van der Waals surface area (Å²) in [5.74, 6) is -5.44. The standard InChI is InChI=1S/C28H18O8/c29-25(30)21-11-9-15(13-23(21)27(33)34)17-5-1-3-7-19(17)20-8-4-2-6-18(20)16-10-12-22(26(31)32)24(14-16)28(35)36/h1-14H,(H,29,30)(H,31,32)(H,33,34)(H,35,36). The van der Waals surface area contributed by atoms with Crippen molar-refractivity contribution < 1.29 is 39.6 Å². The van der Waals surface area contributed by atoms with Gasteiger partial charge in [0.2, 0.25) is 0 Å². The Labute approximate surface area is 204 Å². The fourth-order valence-electron chi connectivity index (χ4n) is 4.09. The van der Waals surface area contributed by atoms with Crippen LogP contribution in [0.1, 0.15) is 41.4 Å². The number of hydrogen-bond acceptors (Lipinski definition) is 4. The molecule has 0 bridgehead atoms. The highest BCUT2D eigenvalue weighted by Gasteiger charge is 2.20. The van der Waals surface area contributed by atoms with Crippen molar-refractivity contribution in [3.05, 3.63) is 107 Å². The Balaban J connectivity index is 1.92. The summed E-state index contributed by atoms with van der Waals surface area (Å²) in [6, 6.07) is 22.4. The molecule has 0 atom stereocenters. The van der Waals surface area contributed by atoms with Crippen LogP contribution in [0.5, 0.6) is 0 Å². The minimum Gasteiger partial charge on any atom is -0.478 e. The number of aromatic carboxylic acids is 4. The van der Waals surface area contributed by atoms with Crippen LogP contribution >= 0.6 is 0 Å². The molecule has 8 heteroatoms. The van der Waals surface area contributed by atoms with Crippen molar-refractivity contribution in [3.63, 3.8) is 0 Å². The largest absolute Gasteiger partial charge is 0.478 e. The molecule has 0 aliphatic carbocycles. The molecule has 4 N–H and O–H groups in total. The van der Waals surface area contributed by atoms with Crippen molar-refractivity contribution in [2.75, 3.05) is 0 Å². The maximum atomic E-state index is 11.7. The van der Waals surface area contributed by atoms with Crippen molar-refractivity contribution in [3.8, 4) is 33.4 Å². The van der Waals surface area contributed by atoms with Gasteiger partial charge in [-0.15, -0.1) is 0 Å². The lowest BCUT2D eigenvalue weighted by molar-refractivity contribution is 0.0651. The van der Waals surface area contributed by atoms with Gasteiger partial charge < -0.3 is 20.4 Å². The fraction of sp³-hybridized carbons (Fsp3) is 0. The summed E-state index contributed by atoms with van der Waals surface area (Å²) in [6.45, 7) is 0. The topological polar surface area (TPSA) is 149 Å². The average Bonchev–Trinajstić information content (AvgIpc) is 2.87. The number of benzene rings is 4. The molecule has 0 heterocycles. The van der Waals surface area contributed by atoms with E-state index in [1.807, 2.05) is 12.1 Å². The maximum Gasteiger partial charge on any atom is 0.336 e. The van der Waals surface area contributed by atoms with Crippen LogP contribution in [0.3, 0.4) is 0 Å². The molecular formula is C28H18O8. The van der Waals surface area contributed by atoms with Gasteiger partial charge >= 0.3 is 23.9 Å². The SMILES string of the molecule is O=C(O)c1ccc(-c2ccccc2-c2ccccc2-c2ccc(C(=O)O)c(C(=O)O)c2)cc1C(=O)O. The second kappa shape index (κ2) is 9.55. The molecule has 0 aromatic heterocycles. The Morgan fingerprint density at radius 2 is 0.694 bits per heavy atom. The molecule has 0 saturated carbocycles. The Kier molecular flexibility index (Phi) is 6.34. The van der Waals surface area contributed by atoms with Crippen LogP contribution in [0.25, 0.3) is 33.4 Å². The summed E-state index contributed by atoms with van der Waals surface area (Å²) in [7, 11) is 0. The molecule has 0 spiro atoms. The van der Waals surface area contributed by atoms with Gasteiger partial charge in [0.15, 0.2) is 0 Å². The second-order valence-corrected chi connectivity index (χ2v) is 7.83. The highest BCUT2D eigenvalue weighted by molar-refractivity contribution is 6.04. The lowest BCUT2D eigenvalue weighted by Crippen LogP contribution is -2.08. The van der Waals surface area contributed by atoms with Crippen molar-refractivity contribution >= 4 is 23.9 Å². The van der Waals surface area contributed by atoms with Gasteiger partial charge in [0.1, 0.15) is 0 Å². The third-order valence-electron chi connectivity index (χ3n) is 5.73. The zero-order chi connectivity index (χ0) is 26.0. The van der Waals surface area contributed by atoms with Crippen LogP contribution in [0.15, 0.2) is 84.9 Å². The van der Waals surface area contributed by atoms with E-state index in [9.17, 15) is 39.6 Å². The zero-order valence-electron chi connectivity index (χ0n) is 18.5. The highest BCUT2D eigenvalue weighted by Crippen LogP contribution is 2.39. The van der Waals surface area contributed by atoms with Crippen LogP contribution in [0.2, 0.25) is 0 Å². The van der Waals surface area contributed by atoms with Crippen molar-refractivity contribution in [1.82, 2.24) is 0 Å². The summed E-state index contributed by atoms with van der Waals surface area (Å²) >= 11 is 0. The second-order valence-electron chi connectivity index (χ2n) is 7.83. The monoisotopic (exact) mass is 482 g/mol. The molecule has 0 saturated heterocycles. The summed E-state index contributed by atoms with van der Waals surface area (Å²) in [4.78, 5) is 46.4. The smallest absolute Gasteiger partial charge is 0.336 e. The van der Waals surface area contributed by atoms with Gasteiger partial charge in [0, 0.05) is 0 Å². The summed E-state index contributed by atoms with van der Waals surface area (Å²) in [6.07, 6.45) is 0. The van der Waals surface area contributed by atoms with Gasteiger partial charge in [-0.3, -0.25) is 0 Å². The van der Waals surface area contributed by atoms with Gasteiger partial charge in [0.05, 0.1) is 22.3 Å². The molecule has 8 nitrogen and oxygen atoms in total. The van der Waals surface area contributed by atoms with Crippen LogP contribution in [-0.4, -0.2) is 44.3 Å². The average molecular weight is 482 g/mol. The minimum absolute atomic E-state index is 0.330. The first kappa shape index (κ1) is 23.9. The van der Waals surface area contributed by atoms with E-state index in [0.29, 0.717) is 33.4 Å². The molecule has 4 aromatic carbocycles. The Hall–Kier alpha value is -5.24. The third kappa shape index (κ3) is 4.43. The fourth-order valence-corrected chi connectivity index (χ4v) is 4.09. The van der Waals surface area contributed by atoms with Crippen LogP contribution in [0.4, 0.5) is 0 Å². The third-order valence-corrected chi connectivity index (χ3v) is 5.73. The first-order chi connectivity index (χ1) is 17.2. The first-order valence-corrected chi connectivity index (χ1v) is 10.6. The van der Waals surface area contributed by atoms with Gasteiger partial charge in [-0.25, -0.2) is 19.2 Å². The van der Waals surface area contributed by atoms with E-state index in [2.05, 4.69) is 0 Å². The number of rotatable bonds is 7. The normalized spacial score (nSPS) is 10.6. The van der Waals surface area contributed by atoms with E-state index in [-0.39, 0.29) is 22.3 Å². The van der Waals surface area contributed by atoms with Crippen LogP contribution in [0, 0.1) is 0 Å². The van der Waals surface area contributed by atoms with E-state index in [0.717, 1.165) is 0 Å². The lowest BCUT2D eigenvalue weighted by Gasteiger charge is -2.16. The van der Waals surface area contributed by atoms with Gasteiger partial charge in [0.25, 0.3) is 0 Å². The van der Waals surface area contributed by atoms with E-state index >= 15 is 0 Å². The Morgan fingerprint density at radius 1 is 0.389 bits per heavy atom. The molecule has 4 rings (SSSR count). The van der Waals surface area contributed by atoms with E-state index in [4.69, 9.17) is 0 Å². The van der Waals surface area contributed by atoms with Crippen molar-refractivity contribution in [2.45, 2.75) is 0 Å². The predicted molar refractivity (Wildman–Crippen MR) is 131 cm³/mol. The van der Waals surface area contributed by atoms with E-state index < -0.39 is 23.9 Å². The van der Waals surface area contributed by atoms with Crippen molar-refractivity contribution in [2.24, 2.45) is 0 Å². The summed E-state index contributed by atoms with van der Waals surface area (Å²) < 4.78 is 0. The first-order valence-electron chi connectivity index (χ1n) is 10.6. The Bertz CT molecular complexity index is 1430. The molecule has 0 radical (unpaired) electrons. The Morgan fingerprint density at radius 3 is 1.00 bits per heavy atom. The van der Waals surface area contributed by atoms with E-state index in [1.54, 1.807) is 36.4 Å². The molecule has 4 aromatic rings. The number of hydrogen-bond donors (Lipinski definition) is 4. The minimum atomic E-state index is -1.37. The van der Waals surface area contributed by atoms with Crippen molar-refractivity contribution in [1.29, 1.82) is 0 Å². The number of carboxylic acid groups (broad SMARTS) is 4. The van der Waals surface area contributed by atoms with E-state index in [1.165, 1.54) is 36.4 Å². The lowest BCUT2D eigenvalue weighted by atomic mass is 9.88. The number of carboxylic acids is 4. The maximum absolute atomic E-state index is 11.7. The summed E-state index contributed by atoms with van der Waals surface area (Å²) in [5, 5.41) is 37.8. The molecule has 0 aliphatic rings. The quantitative estimate of drug-likeness (QED) is 0.270. The molecule has 178 valence electrons. The molecule has 0 amide bonds.